The molecule has 0 saturated carbocycles. The van der Waals surface area contributed by atoms with Crippen molar-refractivity contribution in [2.75, 3.05) is 6.54 Å². The molecule has 3 N–H and O–H groups in total. The molecule has 3 rings (SSSR count). The van der Waals surface area contributed by atoms with Crippen LogP contribution in [0, 0.1) is 0 Å². The number of aromatic nitrogens is 3. The number of carbonyl (C=O) groups is 1. The van der Waals surface area contributed by atoms with Crippen LogP contribution in [0.15, 0.2) is 48.1 Å². The van der Waals surface area contributed by atoms with Gasteiger partial charge in [-0.2, -0.15) is 5.10 Å². The van der Waals surface area contributed by atoms with Crippen LogP contribution in [0.4, 0.5) is 0 Å². The fourth-order valence-corrected chi connectivity index (χ4v) is 2.79. The van der Waals surface area contributed by atoms with E-state index in [4.69, 9.17) is 5.73 Å². The van der Waals surface area contributed by atoms with E-state index < -0.39 is 0 Å². The van der Waals surface area contributed by atoms with Crippen molar-refractivity contribution in [3.05, 3.63) is 53.8 Å². The van der Waals surface area contributed by atoms with Crippen LogP contribution in [0.2, 0.25) is 0 Å². The van der Waals surface area contributed by atoms with E-state index in [1.807, 2.05) is 43.5 Å². The van der Waals surface area contributed by atoms with Gasteiger partial charge >= 0.3 is 0 Å². The molecule has 0 radical (unpaired) electrons. The van der Waals surface area contributed by atoms with Crippen molar-refractivity contribution in [3.63, 3.8) is 0 Å². The predicted octanol–water partition coefficient (Wildman–Crippen LogP) is 2.07. The minimum Gasteiger partial charge on any atom is -0.349 e. The molecule has 118 valence electrons. The average Bonchev–Trinajstić information content (AvgIpc) is 3.22. The van der Waals surface area contributed by atoms with Gasteiger partial charge < -0.3 is 11.1 Å². The second-order valence-corrected chi connectivity index (χ2v) is 6.09. The van der Waals surface area contributed by atoms with E-state index in [1.165, 1.54) is 11.3 Å². The predicted molar refractivity (Wildman–Crippen MR) is 90.7 cm³/mol. The Morgan fingerprint density at radius 2 is 2.17 bits per heavy atom. The lowest BCUT2D eigenvalue weighted by Crippen LogP contribution is -2.35. The summed E-state index contributed by atoms with van der Waals surface area (Å²) in [6, 6.07) is 9.75. The van der Waals surface area contributed by atoms with Gasteiger partial charge in [-0.05, 0) is 19.1 Å². The average molecular weight is 327 g/mol. The fourth-order valence-electron chi connectivity index (χ4n) is 2.01. The summed E-state index contributed by atoms with van der Waals surface area (Å²) in [5.41, 5.74) is 7.89. The number of thiazole rings is 1. The molecule has 1 amide bonds. The van der Waals surface area contributed by atoms with Crippen LogP contribution in [-0.2, 0) is 0 Å². The van der Waals surface area contributed by atoms with Crippen molar-refractivity contribution >= 4 is 17.2 Å². The molecular weight excluding hydrogens is 310 g/mol. The van der Waals surface area contributed by atoms with Crippen molar-refractivity contribution in [2.45, 2.75) is 13.0 Å². The monoisotopic (exact) mass is 327 g/mol. The standard InChI is InChI=1S/C16H17N5OS/c1-11(17)7-18-15(22)14-10-23-16(20-14)12-8-19-21(9-12)13-5-3-2-4-6-13/h2-6,8-11H,7,17H2,1H3,(H,18,22)/t11-/m1/s1. The number of nitrogens with two attached hydrogens (primary N) is 1. The van der Waals surface area contributed by atoms with Gasteiger partial charge in [0.15, 0.2) is 0 Å². The number of hydrogen-bond acceptors (Lipinski definition) is 5. The molecule has 7 heteroatoms. The number of nitrogens with zero attached hydrogens (tertiary/aromatic N) is 3. The third-order valence-corrected chi connectivity index (χ3v) is 4.06. The van der Waals surface area contributed by atoms with Crippen molar-refractivity contribution in [1.29, 1.82) is 0 Å². The van der Waals surface area contributed by atoms with E-state index in [2.05, 4.69) is 15.4 Å². The Morgan fingerprint density at radius 1 is 1.39 bits per heavy atom. The maximum absolute atomic E-state index is 12.0. The Kier molecular flexibility index (Phi) is 4.50. The van der Waals surface area contributed by atoms with E-state index in [9.17, 15) is 4.79 Å². The Hall–Kier alpha value is -2.51. The zero-order chi connectivity index (χ0) is 16.2. The van der Waals surface area contributed by atoms with E-state index in [0.29, 0.717) is 12.2 Å². The zero-order valence-corrected chi connectivity index (χ0v) is 13.5. The molecule has 0 aliphatic carbocycles. The molecule has 0 aliphatic heterocycles. The highest BCUT2D eigenvalue weighted by atomic mass is 32.1. The number of amides is 1. The summed E-state index contributed by atoms with van der Waals surface area (Å²) in [5, 5.41) is 9.60. The molecule has 23 heavy (non-hydrogen) atoms. The van der Waals surface area contributed by atoms with Gasteiger partial charge in [0.25, 0.3) is 5.91 Å². The van der Waals surface area contributed by atoms with Crippen LogP contribution in [-0.4, -0.2) is 33.3 Å². The summed E-state index contributed by atoms with van der Waals surface area (Å²) >= 11 is 1.42. The topological polar surface area (TPSA) is 85.8 Å². The van der Waals surface area contributed by atoms with Crippen LogP contribution in [0.5, 0.6) is 0 Å². The van der Waals surface area contributed by atoms with Crippen molar-refractivity contribution < 1.29 is 4.79 Å². The van der Waals surface area contributed by atoms with Gasteiger partial charge in [-0.25, -0.2) is 9.67 Å². The van der Waals surface area contributed by atoms with Gasteiger partial charge in [-0.1, -0.05) is 18.2 Å². The second kappa shape index (κ2) is 6.72. The fraction of sp³-hybridized carbons (Fsp3) is 0.188. The van der Waals surface area contributed by atoms with E-state index >= 15 is 0 Å². The lowest BCUT2D eigenvalue weighted by Gasteiger charge is -2.05. The summed E-state index contributed by atoms with van der Waals surface area (Å²) in [4.78, 5) is 16.4. The minimum absolute atomic E-state index is 0.0823. The van der Waals surface area contributed by atoms with Crippen molar-refractivity contribution in [1.82, 2.24) is 20.1 Å². The molecule has 0 fully saturated rings. The first-order valence-corrected chi connectivity index (χ1v) is 8.11. The summed E-state index contributed by atoms with van der Waals surface area (Å²) in [6.45, 7) is 2.27. The number of carbonyl (C=O) groups excluding carboxylic acids is 1. The van der Waals surface area contributed by atoms with Gasteiger partial charge in [0.2, 0.25) is 0 Å². The highest BCUT2D eigenvalue weighted by molar-refractivity contribution is 7.13. The summed E-state index contributed by atoms with van der Waals surface area (Å²) in [5.74, 6) is -0.208. The molecule has 2 heterocycles. The van der Waals surface area contributed by atoms with Gasteiger partial charge in [-0.3, -0.25) is 4.79 Å². The van der Waals surface area contributed by atoms with Crippen LogP contribution in [0.25, 0.3) is 16.3 Å². The summed E-state index contributed by atoms with van der Waals surface area (Å²) < 4.78 is 1.78. The molecule has 6 nitrogen and oxygen atoms in total. The molecule has 0 saturated heterocycles. The van der Waals surface area contributed by atoms with E-state index in [1.54, 1.807) is 16.3 Å². The number of rotatable bonds is 5. The number of nitrogens with one attached hydrogen (secondary N) is 1. The third kappa shape index (κ3) is 3.64. The first kappa shape index (κ1) is 15.4. The Morgan fingerprint density at radius 3 is 2.91 bits per heavy atom. The molecule has 0 unspecified atom stereocenters. The molecule has 0 bridgehead atoms. The molecule has 0 spiro atoms. The lowest BCUT2D eigenvalue weighted by molar-refractivity contribution is 0.0947. The number of benzene rings is 1. The Labute approximate surface area is 138 Å². The molecule has 2 aromatic heterocycles. The second-order valence-electron chi connectivity index (χ2n) is 5.23. The SMILES string of the molecule is C[C@@H](N)CNC(=O)c1csc(-c2cnn(-c3ccccc3)c2)n1. The quantitative estimate of drug-likeness (QED) is 0.751. The molecule has 1 aromatic carbocycles. The van der Waals surface area contributed by atoms with Crippen LogP contribution < -0.4 is 11.1 Å². The zero-order valence-electron chi connectivity index (χ0n) is 12.6. The molecular formula is C16H17N5OS. The van der Waals surface area contributed by atoms with Gasteiger partial charge in [0.1, 0.15) is 10.7 Å². The van der Waals surface area contributed by atoms with Gasteiger partial charge in [-0.15, -0.1) is 11.3 Å². The first-order valence-electron chi connectivity index (χ1n) is 7.23. The van der Waals surface area contributed by atoms with Gasteiger partial charge in [0, 0.05) is 29.7 Å². The van der Waals surface area contributed by atoms with E-state index in [-0.39, 0.29) is 11.9 Å². The van der Waals surface area contributed by atoms with Crippen molar-refractivity contribution in [3.8, 4) is 16.3 Å². The largest absolute Gasteiger partial charge is 0.349 e. The molecule has 3 aromatic rings. The minimum atomic E-state index is -0.208. The van der Waals surface area contributed by atoms with Crippen LogP contribution in [0.3, 0.4) is 0 Å². The number of hydrogen-bond donors (Lipinski definition) is 2. The van der Waals surface area contributed by atoms with Crippen LogP contribution >= 0.6 is 11.3 Å². The normalized spacial score (nSPS) is 12.1. The third-order valence-electron chi connectivity index (χ3n) is 3.17. The first-order chi connectivity index (χ1) is 11.1. The maximum atomic E-state index is 12.0. The maximum Gasteiger partial charge on any atom is 0.270 e. The van der Waals surface area contributed by atoms with Crippen LogP contribution in [0.1, 0.15) is 17.4 Å². The van der Waals surface area contributed by atoms with Gasteiger partial charge in [0.05, 0.1) is 11.9 Å². The smallest absolute Gasteiger partial charge is 0.270 e. The lowest BCUT2D eigenvalue weighted by atomic mass is 10.3. The summed E-state index contributed by atoms with van der Waals surface area (Å²) in [7, 11) is 0. The molecule has 1 atom stereocenters. The Balaban J connectivity index is 1.76. The Bertz CT molecular complexity index is 794. The number of para-hydroxylation sites is 1. The van der Waals surface area contributed by atoms with Crippen molar-refractivity contribution in [2.24, 2.45) is 5.73 Å². The van der Waals surface area contributed by atoms with E-state index in [0.717, 1.165) is 16.3 Å². The molecule has 0 aliphatic rings. The highest BCUT2D eigenvalue weighted by Gasteiger charge is 2.13. The highest BCUT2D eigenvalue weighted by Crippen LogP contribution is 2.24. The summed E-state index contributed by atoms with van der Waals surface area (Å²) in [6.07, 6.45) is 3.65.